The highest BCUT2D eigenvalue weighted by atomic mass is 16.7. The molecule has 0 unspecified atom stereocenters. The summed E-state index contributed by atoms with van der Waals surface area (Å²) in [6, 6.07) is 5.32. The molecule has 0 spiro atoms. The highest BCUT2D eigenvalue weighted by molar-refractivity contribution is 5.41. The monoisotopic (exact) mass is 284 g/mol. The van der Waals surface area contributed by atoms with Gasteiger partial charge in [0.25, 0.3) is 0 Å². The van der Waals surface area contributed by atoms with E-state index in [1.54, 1.807) is 32.2 Å². The molecule has 1 rings (SSSR count). The lowest BCUT2D eigenvalue weighted by molar-refractivity contribution is -0.152. The lowest BCUT2D eigenvalue weighted by Gasteiger charge is -2.20. The first-order valence-electron chi connectivity index (χ1n) is 6.84. The second-order valence-corrected chi connectivity index (χ2v) is 4.23. The first-order chi connectivity index (χ1) is 9.62. The van der Waals surface area contributed by atoms with E-state index in [9.17, 15) is 5.11 Å². The zero-order valence-corrected chi connectivity index (χ0v) is 12.6. The minimum absolute atomic E-state index is 0.258. The Kier molecular flexibility index (Phi) is 7.36. The van der Waals surface area contributed by atoms with Gasteiger partial charge < -0.3 is 24.1 Å². The Bertz CT molecular complexity index is 386. The third-order valence-corrected chi connectivity index (χ3v) is 2.75. The topological polar surface area (TPSA) is 57.2 Å². The smallest absolute Gasteiger partial charge is 0.191 e. The number of rotatable bonds is 9. The van der Waals surface area contributed by atoms with E-state index >= 15 is 0 Å². The Morgan fingerprint density at radius 2 is 1.80 bits per heavy atom. The fourth-order valence-electron chi connectivity index (χ4n) is 1.79. The third kappa shape index (κ3) is 5.00. The van der Waals surface area contributed by atoms with Gasteiger partial charge in [0.05, 0.1) is 13.2 Å². The van der Waals surface area contributed by atoms with Crippen LogP contribution in [0.5, 0.6) is 11.5 Å². The van der Waals surface area contributed by atoms with Crippen LogP contribution in [0.4, 0.5) is 0 Å². The summed E-state index contributed by atoms with van der Waals surface area (Å²) in [5.41, 5.74) is 0.706. The average Bonchev–Trinajstić information content (AvgIpc) is 2.44. The van der Waals surface area contributed by atoms with Gasteiger partial charge in [0.1, 0.15) is 18.1 Å². The number of ether oxygens (including phenoxy) is 4. The van der Waals surface area contributed by atoms with E-state index in [2.05, 4.69) is 0 Å². The summed E-state index contributed by atoms with van der Waals surface area (Å²) < 4.78 is 21.7. The zero-order chi connectivity index (χ0) is 15.0. The molecule has 5 nitrogen and oxygen atoms in total. The molecule has 1 atom stereocenters. The van der Waals surface area contributed by atoms with E-state index in [0.717, 1.165) is 0 Å². The largest absolute Gasteiger partial charge is 0.497 e. The van der Waals surface area contributed by atoms with Crippen LogP contribution in [-0.4, -0.2) is 38.3 Å². The maximum Gasteiger partial charge on any atom is 0.191 e. The van der Waals surface area contributed by atoms with Gasteiger partial charge in [0, 0.05) is 24.8 Å². The van der Waals surface area contributed by atoms with Gasteiger partial charge in [-0.2, -0.15) is 0 Å². The van der Waals surface area contributed by atoms with E-state index in [1.807, 2.05) is 13.8 Å². The number of hydrogen-bond acceptors (Lipinski definition) is 5. The molecule has 20 heavy (non-hydrogen) atoms. The lowest BCUT2D eigenvalue weighted by Crippen LogP contribution is -2.25. The van der Waals surface area contributed by atoms with Gasteiger partial charge in [0.2, 0.25) is 0 Å². The van der Waals surface area contributed by atoms with Crippen molar-refractivity contribution in [1.29, 1.82) is 0 Å². The summed E-state index contributed by atoms with van der Waals surface area (Å²) >= 11 is 0. The van der Waals surface area contributed by atoms with E-state index in [1.165, 1.54) is 0 Å². The highest BCUT2D eigenvalue weighted by Gasteiger charge is 2.14. The molecule has 1 aromatic carbocycles. The van der Waals surface area contributed by atoms with E-state index in [0.29, 0.717) is 30.3 Å². The number of aliphatic hydroxyl groups is 1. The molecule has 0 heterocycles. The molecule has 0 aromatic heterocycles. The van der Waals surface area contributed by atoms with Crippen LogP contribution in [0.1, 0.15) is 32.4 Å². The first kappa shape index (κ1) is 16.8. The predicted octanol–water partition coefficient (Wildman–Crippen LogP) is 2.53. The molecule has 0 aliphatic rings. The molecule has 114 valence electrons. The summed E-state index contributed by atoms with van der Waals surface area (Å²) in [4.78, 5) is 0. The molecule has 0 fully saturated rings. The summed E-state index contributed by atoms with van der Waals surface area (Å²) in [7, 11) is 1.59. The van der Waals surface area contributed by atoms with E-state index in [4.69, 9.17) is 18.9 Å². The van der Waals surface area contributed by atoms with Gasteiger partial charge >= 0.3 is 0 Å². The normalized spacial score (nSPS) is 12.5. The zero-order valence-electron chi connectivity index (χ0n) is 12.6. The SMILES string of the molecule is CCOC(COc1cc(OC)ccc1[C@@H](C)O)OCC. The van der Waals surface area contributed by atoms with Crippen LogP contribution in [0.3, 0.4) is 0 Å². The molecule has 0 aliphatic heterocycles. The second kappa shape index (κ2) is 8.79. The van der Waals surface area contributed by atoms with Crippen molar-refractivity contribution in [2.24, 2.45) is 0 Å². The van der Waals surface area contributed by atoms with Crippen molar-refractivity contribution >= 4 is 0 Å². The van der Waals surface area contributed by atoms with Gasteiger partial charge in [-0.1, -0.05) is 0 Å². The van der Waals surface area contributed by atoms with E-state index in [-0.39, 0.29) is 6.61 Å². The average molecular weight is 284 g/mol. The van der Waals surface area contributed by atoms with Crippen LogP contribution < -0.4 is 9.47 Å². The van der Waals surface area contributed by atoms with Crippen LogP contribution in [0.15, 0.2) is 18.2 Å². The molecule has 1 aromatic rings. The van der Waals surface area contributed by atoms with Crippen LogP contribution in [0.2, 0.25) is 0 Å². The summed E-state index contributed by atoms with van der Waals surface area (Å²) in [5.74, 6) is 1.25. The van der Waals surface area contributed by atoms with Gasteiger partial charge in [-0.3, -0.25) is 0 Å². The van der Waals surface area contributed by atoms with Crippen molar-refractivity contribution in [3.8, 4) is 11.5 Å². The molecule has 0 bridgehead atoms. The fourth-order valence-corrected chi connectivity index (χ4v) is 1.79. The van der Waals surface area contributed by atoms with E-state index < -0.39 is 12.4 Å². The molecule has 0 amide bonds. The maximum absolute atomic E-state index is 9.76. The van der Waals surface area contributed by atoms with Crippen LogP contribution in [0, 0.1) is 0 Å². The Labute approximate surface area is 120 Å². The Balaban J connectivity index is 2.77. The van der Waals surface area contributed by atoms with Gasteiger partial charge in [-0.25, -0.2) is 0 Å². The highest BCUT2D eigenvalue weighted by Crippen LogP contribution is 2.29. The molecule has 0 saturated carbocycles. The predicted molar refractivity (Wildman–Crippen MR) is 76.2 cm³/mol. The number of methoxy groups -OCH3 is 1. The van der Waals surface area contributed by atoms with Crippen LogP contribution >= 0.6 is 0 Å². The fraction of sp³-hybridized carbons (Fsp3) is 0.600. The standard InChI is InChI=1S/C15H24O5/c1-5-18-15(19-6-2)10-20-14-9-12(17-4)7-8-13(14)11(3)16/h7-9,11,15-16H,5-6,10H2,1-4H3/t11-/m1/s1. The Hall–Kier alpha value is -1.30. The molecular weight excluding hydrogens is 260 g/mol. The van der Waals surface area contributed by atoms with Crippen LogP contribution in [-0.2, 0) is 9.47 Å². The first-order valence-corrected chi connectivity index (χ1v) is 6.84. The third-order valence-electron chi connectivity index (χ3n) is 2.75. The van der Waals surface area contributed by atoms with Crippen LogP contribution in [0.25, 0.3) is 0 Å². The molecule has 0 radical (unpaired) electrons. The van der Waals surface area contributed by atoms with Crippen molar-refractivity contribution in [1.82, 2.24) is 0 Å². The number of hydrogen-bond donors (Lipinski definition) is 1. The van der Waals surface area contributed by atoms with Gasteiger partial charge in [-0.15, -0.1) is 0 Å². The van der Waals surface area contributed by atoms with Crippen molar-refractivity contribution in [3.05, 3.63) is 23.8 Å². The van der Waals surface area contributed by atoms with Crippen molar-refractivity contribution in [2.45, 2.75) is 33.2 Å². The minimum Gasteiger partial charge on any atom is -0.497 e. The summed E-state index contributed by atoms with van der Waals surface area (Å²) in [6.07, 6.45) is -1.04. The molecule has 5 heteroatoms. The maximum atomic E-state index is 9.76. The number of aliphatic hydroxyl groups excluding tert-OH is 1. The van der Waals surface area contributed by atoms with Crippen molar-refractivity contribution in [3.63, 3.8) is 0 Å². The van der Waals surface area contributed by atoms with Gasteiger partial charge in [0.15, 0.2) is 6.29 Å². The molecule has 0 saturated heterocycles. The molecular formula is C15H24O5. The second-order valence-electron chi connectivity index (χ2n) is 4.23. The lowest BCUT2D eigenvalue weighted by atomic mass is 10.1. The Morgan fingerprint density at radius 1 is 1.15 bits per heavy atom. The molecule has 1 N–H and O–H groups in total. The van der Waals surface area contributed by atoms with Crippen molar-refractivity contribution < 1.29 is 24.1 Å². The summed E-state index contributed by atoms with van der Waals surface area (Å²) in [6.45, 7) is 6.86. The van der Waals surface area contributed by atoms with Gasteiger partial charge in [-0.05, 0) is 32.9 Å². The number of benzene rings is 1. The Morgan fingerprint density at radius 3 is 2.30 bits per heavy atom. The summed E-state index contributed by atoms with van der Waals surface area (Å²) in [5, 5.41) is 9.76. The molecule has 0 aliphatic carbocycles. The van der Waals surface area contributed by atoms with Crippen molar-refractivity contribution in [2.75, 3.05) is 26.9 Å². The minimum atomic E-state index is -0.617. The quantitative estimate of drug-likeness (QED) is 0.706.